The first-order valence-electron chi connectivity index (χ1n) is 6.61. The summed E-state index contributed by atoms with van der Waals surface area (Å²) in [6.07, 6.45) is 0.864. The van der Waals surface area contributed by atoms with Crippen molar-refractivity contribution < 1.29 is 4.79 Å². The van der Waals surface area contributed by atoms with Crippen molar-refractivity contribution in [2.24, 2.45) is 0 Å². The van der Waals surface area contributed by atoms with E-state index >= 15 is 0 Å². The highest BCUT2D eigenvalue weighted by Crippen LogP contribution is 2.29. The van der Waals surface area contributed by atoms with Crippen LogP contribution in [0.1, 0.15) is 17.2 Å². The molecule has 1 aliphatic heterocycles. The lowest BCUT2D eigenvalue weighted by Crippen LogP contribution is -2.29. The van der Waals surface area contributed by atoms with Gasteiger partial charge in [-0.05, 0) is 30.2 Å². The van der Waals surface area contributed by atoms with E-state index in [0.717, 1.165) is 29.2 Å². The number of benzene rings is 2. The van der Waals surface area contributed by atoms with Gasteiger partial charge in [-0.1, -0.05) is 41.9 Å². The van der Waals surface area contributed by atoms with Gasteiger partial charge in [-0.2, -0.15) is 0 Å². The fourth-order valence-electron chi connectivity index (χ4n) is 2.42. The Labute approximate surface area is 123 Å². The maximum atomic E-state index is 11.9. The Morgan fingerprint density at radius 1 is 1.10 bits per heavy atom. The quantitative estimate of drug-likeness (QED) is 0.906. The zero-order chi connectivity index (χ0) is 13.9. The van der Waals surface area contributed by atoms with Gasteiger partial charge in [0.2, 0.25) is 5.91 Å². The molecule has 1 amide bonds. The molecular formula is C16H15ClN2O. The van der Waals surface area contributed by atoms with Crippen molar-refractivity contribution in [3.05, 3.63) is 64.7 Å². The number of fused-ring (bicyclic) bond motifs is 1. The minimum absolute atomic E-state index is 0.0160. The fraction of sp³-hybridized carbons (Fsp3) is 0.188. The molecule has 0 saturated carbocycles. The molecule has 1 unspecified atom stereocenters. The number of carbonyl (C=O) groups is 1. The number of para-hydroxylation sites is 1. The van der Waals surface area contributed by atoms with Crippen LogP contribution in [-0.4, -0.2) is 12.5 Å². The second-order valence-corrected chi connectivity index (χ2v) is 5.28. The maximum Gasteiger partial charge on any atom is 0.246 e. The number of nitrogens with one attached hydrogen (secondary N) is 2. The molecule has 2 N–H and O–H groups in total. The highest BCUT2D eigenvalue weighted by Gasteiger charge is 2.29. The van der Waals surface area contributed by atoms with Gasteiger partial charge >= 0.3 is 0 Å². The number of halogens is 1. The van der Waals surface area contributed by atoms with Crippen LogP contribution in [0.25, 0.3) is 0 Å². The predicted molar refractivity (Wildman–Crippen MR) is 81.0 cm³/mol. The highest BCUT2D eigenvalue weighted by molar-refractivity contribution is 6.30. The summed E-state index contributed by atoms with van der Waals surface area (Å²) in [7, 11) is 0. The monoisotopic (exact) mass is 286 g/mol. The van der Waals surface area contributed by atoms with E-state index < -0.39 is 0 Å². The van der Waals surface area contributed by atoms with Gasteiger partial charge in [-0.15, -0.1) is 0 Å². The van der Waals surface area contributed by atoms with Gasteiger partial charge in [0.25, 0.3) is 0 Å². The smallest absolute Gasteiger partial charge is 0.246 e. The first kappa shape index (κ1) is 13.2. The molecule has 0 saturated heterocycles. The molecule has 1 heterocycles. The topological polar surface area (TPSA) is 41.1 Å². The molecule has 20 heavy (non-hydrogen) atoms. The molecule has 0 bridgehead atoms. The summed E-state index contributed by atoms with van der Waals surface area (Å²) in [5, 5.41) is 6.93. The van der Waals surface area contributed by atoms with Crippen molar-refractivity contribution in [1.29, 1.82) is 0 Å². The average Bonchev–Trinajstić information content (AvgIpc) is 2.77. The Hall–Kier alpha value is -1.84. The third kappa shape index (κ3) is 2.69. The van der Waals surface area contributed by atoms with Crippen LogP contribution in [0.4, 0.5) is 5.69 Å². The second-order valence-electron chi connectivity index (χ2n) is 4.84. The summed E-state index contributed by atoms with van der Waals surface area (Å²) < 4.78 is 0. The summed E-state index contributed by atoms with van der Waals surface area (Å²) in [4.78, 5) is 11.9. The zero-order valence-electron chi connectivity index (χ0n) is 10.9. The van der Waals surface area contributed by atoms with Crippen LogP contribution < -0.4 is 10.6 Å². The molecule has 0 radical (unpaired) electrons. The number of anilines is 1. The lowest BCUT2D eigenvalue weighted by atomic mass is 10.1. The van der Waals surface area contributed by atoms with Crippen molar-refractivity contribution >= 4 is 23.2 Å². The summed E-state index contributed by atoms with van der Waals surface area (Å²) in [6, 6.07) is 15.3. The van der Waals surface area contributed by atoms with E-state index in [1.54, 1.807) is 0 Å². The molecule has 3 nitrogen and oxygen atoms in total. The fourth-order valence-corrected chi connectivity index (χ4v) is 2.55. The SMILES string of the molecule is O=C1Nc2ccccc2C1NCCc1ccc(Cl)cc1. The highest BCUT2D eigenvalue weighted by atomic mass is 35.5. The minimum Gasteiger partial charge on any atom is -0.324 e. The van der Waals surface area contributed by atoms with Crippen molar-refractivity contribution in [2.75, 3.05) is 11.9 Å². The Morgan fingerprint density at radius 2 is 1.85 bits per heavy atom. The van der Waals surface area contributed by atoms with Gasteiger partial charge in [-0.3, -0.25) is 4.79 Å². The van der Waals surface area contributed by atoms with Crippen LogP contribution in [0, 0.1) is 0 Å². The molecule has 3 rings (SSSR count). The first-order valence-corrected chi connectivity index (χ1v) is 6.99. The number of rotatable bonds is 4. The van der Waals surface area contributed by atoms with Gasteiger partial charge < -0.3 is 10.6 Å². The molecule has 4 heteroatoms. The Balaban J connectivity index is 1.61. The molecule has 0 fully saturated rings. The van der Waals surface area contributed by atoms with E-state index in [4.69, 9.17) is 11.6 Å². The Kier molecular flexibility index (Phi) is 3.72. The summed E-state index contributed by atoms with van der Waals surface area (Å²) in [5.74, 6) is 0.0160. The van der Waals surface area contributed by atoms with E-state index in [2.05, 4.69) is 10.6 Å². The summed E-state index contributed by atoms with van der Waals surface area (Å²) >= 11 is 5.86. The average molecular weight is 287 g/mol. The number of carbonyl (C=O) groups excluding carboxylic acids is 1. The second kappa shape index (κ2) is 5.65. The number of hydrogen-bond donors (Lipinski definition) is 2. The van der Waals surface area contributed by atoms with Crippen LogP contribution >= 0.6 is 11.6 Å². The molecule has 0 spiro atoms. The molecule has 1 aliphatic rings. The summed E-state index contributed by atoms with van der Waals surface area (Å²) in [5.41, 5.74) is 3.13. The normalized spacial score (nSPS) is 16.9. The van der Waals surface area contributed by atoms with Crippen LogP contribution in [0.3, 0.4) is 0 Å². The van der Waals surface area contributed by atoms with E-state index in [-0.39, 0.29) is 11.9 Å². The van der Waals surface area contributed by atoms with Crippen molar-refractivity contribution in [2.45, 2.75) is 12.5 Å². The predicted octanol–water partition coefficient (Wildman–Crippen LogP) is 3.17. The maximum absolute atomic E-state index is 11.9. The molecule has 0 aromatic heterocycles. The third-order valence-electron chi connectivity index (χ3n) is 3.47. The van der Waals surface area contributed by atoms with Gasteiger partial charge in [0.05, 0.1) is 0 Å². The van der Waals surface area contributed by atoms with Gasteiger partial charge in [0, 0.05) is 22.8 Å². The minimum atomic E-state index is -0.251. The number of amides is 1. The van der Waals surface area contributed by atoms with Crippen LogP contribution in [0.2, 0.25) is 5.02 Å². The van der Waals surface area contributed by atoms with E-state index in [1.807, 2.05) is 48.5 Å². The first-order chi connectivity index (χ1) is 9.74. The Morgan fingerprint density at radius 3 is 2.65 bits per heavy atom. The number of hydrogen-bond acceptors (Lipinski definition) is 2. The van der Waals surface area contributed by atoms with Gasteiger partial charge in [0.15, 0.2) is 0 Å². The molecule has 0 aliphatic carbocycles. The lowest BCUT2D eigenvalue weighted by molar-refractivity contribution is -0.117. The molecule has 1 atom stereocenters. The van der Waals surface area contributed by atoms with E-state index in [1.165, 1.54) is 5.56 Å². The van der Waals surface area contributed by atoms with E-state index in [0.29, 0.717) is 0 Å². The van der Waals surface area contributed by atoms with Crippen molar-refractivity contribution in [3.8, 4) is 0 Å². The standard InChI is InChI=1S/C16H15ClN2O/c17-12-7-5-11(6-8-12)9-10-18-15-13-3-1-2-4-14(13)19-16(15)20/h1-8,15,18H,9-10H2,(H,19,20). The van der Waals surface area contributed by atoms with Gasteiger partial charge in [-0.25, -0.2) is 0 Å². The molecule has 2 aromatic carbocycles. The van der Waals surface area contributed by atoms with Gasteiger partial charge in [0.1, 0.15) is 6.04 Å². The zero-order valence-corrected chi connectivity index (χ0v) is 11.7. The largest absolute Gasteiger partial charge is 0.324 e. The molecule has 102 valence electrons. The Bertz CT molecular complexity index is 625. The molecular weight excluding hydrogens is 272 g/mol. The van der Waals surface area contributed by atoms with Crippen molar-refractivity contribution in [1.82, 2.24) is 5.32 Å². The third-order valence-corrected chi connectivity index (χ3v) is 3.72. The summed E-state index contributed by atoms with van der Waals surface area (Å²) in [6.45, 7) is 0.744. The van der Waals surface area contributed by atoms with E-state index in [9.17, 15) is 4.79 Å². The lowest BCUT2D eigenvalue weighted by Gasteiger charge is -2.11. The van der Waals surface area contributed by atoms with Crippen LogP contribution in [0.15, 0.2) is 48.5 Å². The van der Waals surface area contributed by atoms with Crippen LogP contribution in [0.5, 0.6) is 0 Å². The van der Waals surface area contributed by atoms with Crippen LogP contribution in [-0.2, 0) is 11.2 Å². The van der Waals surface area contributed by atoms with Crippen molar-refractivity contribution in [3.63, 3.8) is 0 Å². The molecule has 2 aromatic rings.